The average molecular weight is 367 g/mol. The first kappa shape index (κ1) is 15.0. The SMILES string of the molecule is CN(Cc1cc(Br)cs1)C(CN)c1ccc2c(c1)CCO2. The molecule has 1 atom stereocenters. The second-order valence-corrected chi connectivity index (χ2v) is 7.27. The lowest BCUT2D eigenvalue weighted by molar-refractivity contribution is 0.244. The van der Waals surface area contributed by atoms with Gasteiger partial charge in [0.1, 0.15) is 5.75 Å². The van der Waals surface area contributed by atoms with Crippen molar-refractivity contribution in [1.29, 1.82) is 0 Å². The number of nitrogens with two attached hydrogens (primary N) is 1. The van der Waals surface area contributed by atoms with Gasteiger partial charge in [-0.15, -0.1) is 11.3 Å². The second kappa shape index (κ2) is 6.48. The number of fused-ring (bicyclic) bond motifs is 1. The number of likely N-dealkylation sites (N-methyl/N-ethyl adjacent to an activating group) is 1. The van der Waals surface area contributed by atoms with Crippen LogP contribution in [0.25, 0.3) is 0 Å². The summed E-state index contributed by atoms with van der Waals surface area (Å²) in [6.07, 6.45) is 1.00. The van der Waals surface area contributed by atoms with Crippen molar-refractivity contribution in [2.75, 3.05) is 20.2 Å². The first-order chi connectivity index (χ1) is 10.2. The van der Waals surface area contributed by atoms with E-state index >= 15 is 0 Å². The molecule has 0 saturated carbocycles. The third-order valence-electron chi connectivity index (χ3n) is 3.88. The minimum atomic E-state index is 0.233. The number of thiophene rings is 1. The highest BCUT2D eigenvalue weighted by molar-refractivity contribution is 9.10. The monoisotopic (exact) mass is 366 g/mol. The number of nitrogens with zero attached hydrogens (tertiary/aromatic N) is 1. The fourth-order valence-electron chi connectivity index (χ4n) is 2.78. The van der Waals surface area contributed by atoms with E-state index in [0.717, 1.165) is 29.8 Å². The Morgan fingerprint density at radius 2 is 2.29 bits per heavy atom. The average Bonchev–Trinajstić information content (AvgIpc) is 3.08. The van der Waals surface area contributed by atoms with E-state index in [1.54, 1.807) is 11.3 Å². The summed E-state index contributed by atoms with van der Waals surface area (Å²) in [7, 11) is 2.13. The minimum Gasteiger partial charge on any atom is -0.493 e. The summed E-state index contributed by atoms with van der Waals surface area (Å²) in [5.41, 5.74) is 8.61. The van der Waals surface area contributed by atoms with E-state index in [1.165, 1.54) is 16.0 Å². The van der Waals surface area contributed by atoms with Gasteiger partial charge in [0.15, 0.2) is 0 Å². The zero-order valence-corrected chi connectivity index (χ0v) is 14.4. The minimum absolute atomic E-state index is 0.233. The van der Waals surface area contributed by atoms with Gasteiger partial charge in [0, 0.05) is 40.3 Å². The Bertz CT molecular complexity index is 628. The number of hydrogen-bond acceptors (Lipinski definition) is 4. The first-order valence-corrected chi connectivity index (χ1v) is 8.73. The molecular weight excluding hydrogens is 348 g/mol. The number of rotatable bonds is 5. The molecule has 0 aliphatic carbocycles. The summed E-state index contributed by atoms with van der Waals surface area (Å²) in [4.78, 5) is 3.66. The highest BCUT2D eigenvalue weighted by atomic mass is 79.9. The molecule has 5 heteroatoms. The molecule has 0 saturated heterocycles. The summed E-state index contributed by atoms with van der Waals surface area (Å²) in [6, 6.07) is 8.88. The van der Waals surface area contributed by atoms with Crippen molar-refractivity contribution in [3.63, 3.8) is 0 Å². The molecule has 112 valence electrons. The molecule has 0 amide bonds. The number of halogens is 1. The van der Waals surface area contributed by atoms with Crippen LogP contribution in [0.1, 0.15) is 22.0 Å². The van der Waals surface area contributed by atoms with Gasteiger partial charge < -0.3 is 10.5 Å². The lowest BCUT2D eigenvalue weighted by Crippen LogP contribution is -2.30. The fraction of sp³-hybridized carbons (Fsp3) is 0.375. The van der Waals surface area contributed by atoms with E-state index in [-0.39, 0.29) is 6.04 Å². The summed E-state index contributed by atoms with van der Waals surface area (Å²) in [5, 5.41) is 2.12. The molecular formula is C16H19BrN2OS. The maximum Gasteiger partial charge on any atom is 0.122 e. The van der Waals surface area contributed by atoms with Crippen LogP contribution in [-0.4, -0.2) is 25.1 Å². The molecule has 1 aromatic heterocycles. The van der Waals surface area contributed by atoms with Crippen LogP contribution >= 0.6 is 27.3 Å². The van der Waals surface area contributed by atoms with Crippen LogP contribution in [0.3, 0.4) is 0 Å². The Labute approximate surface area is 137 Å². The van der Waals surface area contributed by atoms with Gasteiger partial charge in [0.25, 0.3) is 0 Å². The zero-order chi connectivity index (χ0) is 14.8. The predicted molar refractivity (Wildman–Crippen MR) is 90.9 cm³/mol. The van der Waals surface area contributed by atoms with Gasteiger partial charge in [0.2, 0.25) is 0 Å². The predicted octanol–water partition coefficient (Wildman–Crippen LogP) is 3.58. The Morgan fingerprint density at radius 3 is 3.00 bits per heavy atom. The Balaban J connectivity index is 1.77. The van der Waals surface area contributed by atoms with Crippen LogP contribution in [-0.2, 0) is 13.0 Å². The van der Waals surface area contributed by atoms with Gasteiger partial charge in [-0.25, -0.2) is 0 Å². The molecule has 1 aromatic carbocycles. The lowest BCUT2D eigenvalue weighted by Gasteiger charge is -2.27. The summed E-state index contributed by atoms with van der Waals surface area (Å²) in [5.74, 6) is 1.03. The summed E-state index contributed by atoms with van der Waals surface area (Å²) >= 11 is 5.28. The molecule has 21 heavy (non-hydrogen) atoms. The van der Waals surface area contributed by atoms with Crippen molar-refractivity contribution >= 4 is 27.3 Å². The normalized spacial score (nSPS) is 15.0. The standard InChI is InChI=1S/C16H19BrN2OS/c1-19(9-14-7-13(17)10-21-14)15(8-18)11-2-3-16-12(6-11)4-5-20-16/h2-3,6-7,10,15H,4-5,8-9,18H2,1H3. The lowest BCUT2D eigenvalue weighted by atomic mass is 10.0. The molecule has 2 aromatic rings. The van der Waals surface area contributed by atoms with Crippen molar-refractivity contribution in [3.8, 4) is 5.75 Å². The van der Waals surface area contributed by atoms with Gasteiger partial charge in [-0.1, -0.05) is 12.1 Å². The molecule has 2 heterocycles. The molecule has 0 spiro atoms. The van der Waals surface area contributed by atoms with Crippen molar-refractivity contribution in [2.24, 2.45) is 5.73 Å². The largest absolute Gasteiger partial charge is 0.493 e. The van der Waals surface area contributed by atoms with Crippen molar-refractivity contribution in [2.45, 2.75) is 19.0 Å². The van der Waals surface area contributed by atoms with E-state index in [4.69, 9.17) is 10.5 Å². The van der Waals surface area contributed by atoms with Gasteiger partial charge in [-0.05, 0) is 46.2 Å². The quantitative estimate of drug-likeness (QED) is 0.878. The molecule has 2 N–H and O–H groups in total. The fourth-order valence-corrected chi connectivity index (χ4v) is 4.29. The van der Waals surface area contributed by atoms with Crippen LogP contribution in [0, 0.1) is 0 Å². The molecule has 0 radical (unpaired) electrons. The van der Waals surface area contributed by atoms with E-state index in [0.29, 0.717) is 6.54 Å². The number of ether oxygens (including phenoxy) is 1. The molecule has 0 fully saturated rings. The maximum atomic E-state index is 6.03. The first-order valence-electron chi connectivity index (χ1n) is 7.06. The van der Waals surface area contributed by atoms with E-state index in [9.17, 15) is 0 Å². The summed E-state index contributed by atoms with van der Waals surface area (Å²) in [6.45, 7) is 2.32. The summed E-state index contributed by atoms with van der Waals surface area (Å²) < 4.78 is 6.73. The molecule has 0 bridgehead atoms. The Kier molecular flexibility index (Phi) is 4.64. The number of hydrogen-bond donors (Lipinski definition) is 1. The van der Waals surface area contributed by atoms with Crippen molar-refractivity contribution in [1.82, 2.24) is 4.90 Å². The van der Waals surface area contributed by atoms with Gasteiger partial charge >= 0.3 is 0 Å². The second-order valence-electron chi connectivity index (χ2n) is 5.36. The molecule has 3 rings (SSSR count). The van der Waals surface area contributed by atoms with Crippen LogP contribution in [0.4, 0.5) is 0 Å². The van der Waals surface area contributed by atoms with Gasteiger partial charge in [-0.2, -0.15) is 0 Å². The topological polar surface area (TPSA) is 38.5 Å². The Morgan fingerprint density at radius 1 is 1.43 bits per heavy atom. The third kappa shape index (κ3) is 3.31. The van der Waals surface area contributed by atoms with Crippen molar-refractivity contribution in [3.05, 3.63) is 50.1 Å². The molecule has 1 aliphatic heterocycles. The molecule has 1 aliphatic rings. The van der Waals surface area contributed by atoms with E-state index in [1.807, 2.05) is 0 Å². The highest BCUT2D eigenvalue weighted by Crippen LogP contribution is 2.30. The smallest absolute Gasteiger partial charge is 0.122 e. The van der Waals surface area contributed by atoms with Crippen molar-refractivity contribution < 1.29 is 4.74 Å². The Hall–Kier alpha value is -0.880. The van der Waals surface area contributed by atoms with E-state index < -0.39 is 0 Å². The molecule has 3 nitrogen and oxygen atoms in total. The maximum absolute atomic E-state index is 6.03. The van der Waals surface area contributed by atoms with E-state index in [2.05, 4.69) is 57.5 Å². The molecule has 1 unspecified atom stereocenters. The third-order valence-corrected chi connectivity index (χ3v) is 5.56. The van der Waals surface area contributed by atoms with Gasteiger partial charge in [-0.3, -0.25) is 4.90 Å². The van der Waals surface area contributed by atoms with Crippen LogP contribution in [0.5, 0.6) is 5.75 Å². The van der Waals surface area contributed by atoms with Crippen LogP contribution in [0.15, 0.2) is 34.1 Å². The van der Waals surface area contributed by atoms with Gasteiger partial charge in [0.05, 0.1) is 6.61 Å². The highest BCUT2D eigenvalue weighted by Gasteiger charge is 2.19. The zero-order valence-electron chi connectivity index (χ0n) is 12.0. The van der Waals surface area contributed by atoms with Crippen LogP contribution in [0.2, 0.25) is 0 Å². The van der Waals surface area contributed by atoms with Crippen LogP contribution < -0.4 is 10.5 Å². The number of benzene rings is 1.